The third-order valence-electron chi connectivity index (χ3n) is 1.75. The van der Waals surface area contributed by atoms with E-state index in [4.69, 9.17) is 16.9 Å². The maximum atomic E-state index is 10.4. The van der Waals surface area contributed by atoms with E-state index in [2.05, 4.69) is 0 Å². The third-order valence-corrected chi connectivity index (χ3v) is 2.12. The van der Waals surface area contributed by atoms with Gasteiger partial charge in [0.2, 0.25) is 11.8 Å². The molecule has 2 rings (SSSR count). The van der Waals surface area contributed by atoms with E-state index in [1.165, 1.54) is 0 Å². The van der Waals surface area contributed by atoms with Crippen LogP contribution in [-0.4, -0.2) is 21.3 Å². The lowest BCUT2D eigenvalue weighted by molar-refractivity contribution is -0.132. The van der Waals surface area contributed by atoms with Crippen molar-refractivity contribution >= 4 is 23.6 Å². The molecule has 0 bridgehead atoms. The SMILES string of the molecule is O=C1CCC(=O)N1Cl.Oc1ccccc1. The molecule has 1 aliphatic rings. The third kappa shape index (κ3) is 3.59. The summed E-state index contributed by atoms with van der Waals surface area (Å²) in [5.74, 6) is -0.268. The topological polar surface area (TPSA) is 57.6 Å². The normalized spacial score (nSPS) is 14.9. The lowest BCUT2D eigenvalue weighted by Gasteiger charge is -1.96. The largest absolute Gasteiger partial charge is 0.508 e. The van der Waals surface area contributed by atoms with Crippen LogP contribution in [-0.2, 0) is 9.59 Å². The number of imide groups is 1. The van der Waals surface area contributed by atoms with E-state index in [0.29, 0.717) is 10.2 Å². The predicted octanol–water partition coefficient (Wildman–Crippen LogP) is 1.68. The zero-order chi connectivity index (χ0) is 11.3. The van der Waals surface area contributed by atoms with Crippen molar-refractivity contribution in [2.45, 2.75) is 12.8 Å². The van der Waals surface area contributed by atoms with Crippen LogP contribution in [0.2, 0.25) is 0 Å². The molecule has 2 amide bonds. The Morgan fingerprint density at radius 2 is 1.53 bits per heavy atom. The first-order valence-corrected chi connectivity index (χ1v) is 4.70. The highest BCUT2D eigenvalue weighted by atomic mass is 35.5. The Morgan fingerprint density at radius 3 is 1.73 bits per heavy atom. The summed E-state index contributed by atoms with van der Waals surface area (Å²) < 4.78 is 0.639. The van der Waals surface area contributed by atoms with Crippen molar-refractivity contribution < 1.29 is 14.7 Å². The van der Waals surface area contributed by atoms with E-state index in [9.17, 15) is 9.59 Å². The molecular weight excluding hydrogens is 218 g/mol. The Morgan fingerprint density at radius 1 is 1.07 bits per heavy atom. The summed E-state index contributed by atoms with van der Waals surface area (Å²) in [6.45, 7) is 0. The van der Waals surface area contributed by atoms with Gasteiger partial charge in [0.15, 0.2) is 0 Å². The number of carbonyl (C=O) groups is 2. The van der Waals surface area contributed by atoms with Crippen LogP contribution in [0.4, 0.5) is 0 Å². The first-order chi connectivity index (χ1) is 7.11. The molecule has 1 aliphatic heterocycles. The van der Waals surface area contributed by atoms with Crippen molar-refractivity contribution in [2.24, 2.45) is 0 Å². The Balaban J connectivity index is 0.000000151. The van der Waals surface area contributed by atoms with Gasteiger partial charge in [-0.25, -0.2) is 0 Å². The van der Waals surface area contributed by atoms with Crippen LogP contribution >= 0.6 is 11.8 Å². The Labute approximate surface area is 92.2 Å². The number of phenols is 1. The van der Waals surface area contributed by atoms with Gasteiger partial charge in [0.1, 0.15) is 5.75 Å². The van der Waals surface area contributed by atoms with Crippen molar-refractivity contribution in [1.29, 1.82) is 0 Å². The summed E-state index contributed by atoms with van der Waals surface area (Å²) in [7, 11) is 0. The number of amides is 2. The van der Waals surface area contributed by atoms with Crippen LogP contribution in [0.25, 0.3) is 0 Å². The van der Waals surface area contributed by atoms with Crippen LogP contribution in [0, 0.1) is 0 Å². The van der Waals surface area contributed by atoms with Crippen molar-refractivity contribution in [1.82, 2.24) is 4.42 Å². The highest BCUT2D eigenvalue weighted by molar-refractivity contribution is 6.32. The minimum absolute atomic E-state index is 0.266. The minimum Gasteiger partial charge on any atom is -0.508 e. The fraction of sp³-hybridized carbons (Fsp3) is 0.200. The van der Waals surface area contributed by atoms with E-state index in [0.717, 1.165) is 0 Å². The van der Waals surface area contributed by atoms with Gasteiger partial charge in [0.05, 0.1) is 0 Å². The number of para-hydroxylation sites is 1. The molecule has 80 valence electrons. The Bertz CT molecular complexity index is 337. The molecule has 0 spiro atoms. The average Bonchev–Trinajstić information content (AvgIpc) is 2.52. The molecule has 1 fully saturated rings. The molecule has 0 atom stereocenters. The summed E-state index contributed by atoms with van der Waals surface area (Å²) in [4.78, 5) is 20.7. The fourth-order valence-electron chi connectivity index (χ4n) is 0.977. The van der Waals surface area contributed by atoms with Gasteiger partial charge in [-0.15, -0.1) is 0 Å². The standard InChI is InChI=1S/C6H6O.C4H4ClNO2/c7-6-4-2-1-3-5-6;5-6-3(7)1-2-4(6)8/h1-5,7H;1-2H2. The van der Waals surface area contributed by atoms with Gasteiger partial charge in [0.25, 0.3) is 0 Å². The second kappa shape index (κ2) is 5.36. The molecule has 1 N–H and O–H groups in total. The molecule has 1 aromatic carbocycles. The maximum Gasteiger partial charge on any atom is 0.244 e. The lowest BCUT2D eigenvalue weighted by Crippen LogP contribution is -2.16. The first kappa shape index (κ1) is 11.5. The molecule has 0 unspecified atom stereocenters. The van der Waals surface area contributed by atoms with E-state index in [1.54, 1.807) is 24.3 Å². The number of halogens is 1. The van der Waals surface area contributed by atoms with Gasteiger partial charge in [-0.2, -0.15) is 4.42 Å². The first-order valence-electron chi connectivity index (χ1n) is 4.37. The van der Waals surface area contributed by atoms with E-state index in [1.807, 2.05) is 6.07 Å². The summed E-state index contributed by atoms with van der Waals surface area (Å²) >= 11 is 5.15. The average molecular weight is 228 g/mol. The van der Waals surface area contributed by atoms with Crippen LogP contribution in [0.15, 0.2) is 30.3 Å². The molecule has 0 saturated carbocycles. The fourth-order valence-corrected chi connectivity index (χ4v) is 1.15. The summed E-state index contributed by atoms with van der Waals surface area (Å²) in [5.41, 5.74) is 0. The monoisotopic (exact) mass is 227 g/mol. The smallest absolute Gasteiger partial charge is 0.244 e. The van der Waals surface area contributed by atoms with Crippen LogP contribution in [0.5, 0.6) is 5.75 Å². The molecule has 0 aromatic heterocycles. The van der Waals surface area contributed by atoms with Gasteiger partial charge in [-0.05, 0) is 12.1 Å². The maximum absolute atomic E-state index is 10.4. The van der Waals surface area contributed by atoms with E-state index < -0.39 is 0 Å². The quantitative estimate of drug-likeness (QED) is 0.542. The van der Waals surface area contributed by atoms with Gasteiger partial charge in [-0.3, -0.25) is 9.59 Å². The molecule has 5 heteroatoms. The summed E-state index contributed by atoms with van der Waals surface area (Å²) in [6, 6.07) is 8.71. The molecule has 1 heterocycles. The number of phenolic OH excluding ortho intramolecular Hbond substituents is 1. The molecule has 1 saturated heterocycles. The van der Waals surface area contributed by atoms with Crippen LogP contribution in [0.1, 0.15) is 12.8 Å². The number of benzene rings is 1. The van der Waals surface area contributed by atoms with Crippen LogP contribution in [0.3, 0.4) is 0 Å². The molecule has 1 aromatic rings. The molecule has 15 heavy (non-hydrogen) atoms. The number of aromatic hydroxyl groups is 1. The number of carbonyl (C=O) groups excluding carboxylic acids is 2. The van der Waals surface area contributed by atoms with Crippen molar-refractivity contribution in [3.8, 4) is 5.75 Å². The minimum atomic E-state index is -0.295. The number of nitrogens with zero attached hydrogens (tertiary/aromatic N) is 1. The highest BCUT2D eigenvalue weighted by Gasteiger charge is 2.26. The van der Waals surface area contributed by atoms with Crippen molar-refractivity contribution in [3.63, 3.8) is 0 Å². The molecular formula is C10H10ClNO3. The molecule has 0 aliphatic carbocycles. The molecule has 4 nitrogen and oxygen atoms in total. The predicted molar refractivity (Wildman–Crippen MR) is 55.0 cm³/mol. The van der Waals surface area contributed by atoms with Crippen LogP contribution < -0.4 is 0 Å². The van der Waals surface area contributed by atoms with E-state index >= 15 is 0 Å². The number of rotatable bonds is 0. The highest BCUT2D eigenvalue weighted by Crippen LogP contribution is 2.12. The van der Waals surface area contributed by atoms with Gasteiger partial charge in [-0.1, -0.05) is 18.2 Å². The number of hydrogen-bond acceptors (Lipinski definition) is 3. The zero-order valence-corrected chi connectivity index (χ0v) is 8.65. The van der Waals surface area contributed by atoms with Gasteiger partial charge >= 0.3 is 0 Å². The van der Waals surface area contributed by atoms with E-state index in [-0.39, 0.29) is 24.7 Å². The van der Waals surface area contributed by atoms with Gasteiger partial charge in [0, 0.05) is 24.6 Å². The van der Waals surface area contributed by atoms with Crippen molar-refractivity contribution in [2.75, 3.05) is 0 Å². The second-order valence-electron chi connectivity index (χ2n) is 2.90. The lowest BCUT2D eigenvalue weighted by atomic mass is 10.3. The Kier molecular flexibility index (Phi) is 4.12. The van der Waals surface area contributed by atoms with Gasteiger partial charge < -0.3 is 5.11 Å². The Hall–Kier alpha value is -1.55. The van der Waals surface area contributed by atoms with Crippen molar-refractivity contribution in [3.05, 3.63) is 30.3 Å². The second-order valence-corrected chi connectivity index (χ2v) is 3.24. The number of hydrogen-bond donors (Lipinski definition) is 1. The zero-order valence-electron chi connectivity index (χ0n) is 7.89. The summed E-state index contributed by atoms with van der Waals surface area (Å²) in [6.07, 6.45) is 0.532. The molecule has 0 radical (unpaired) electrons. The summed E-state index contributed by atoms with van der Waals surface area (Å²) in [5, 5.41) is 8.63.